The Balaban J connectivity index is 2.24. The van der Waals surface area contributed by atoms with E-state index in [-0.39, 0.29) is 0 Å². The van der Waals surface area contributed by atoms with Gasteiger partial charge in [-0.1, -0.05) is 13.5 Å². The minimum absolute atomic E-state index is 1.10. The molecular formula is C6H11NS. The van der Waals surface area contributed by atoms with Crippen molar-refractivity contribution >= 4 is 11.8 Å². The average molecular weight is 129 g/mol. The van der Waals surface area contributed by atoms with Crippen LogP contribution in [0.4, 0.5) is 0 Å². The number of rotatable bonds is 2. The van der Waals surface area contributed by atoms with Crippen LogP contribution in [0.2, 0.25) is 0 Å². The molecule has 1 nitrogen and oxygen atoms in total. The summed E-state index contributed by atoms with van der Waals surface area (Å²) in [7, 11) is 0. The van der Waals surface area contributed by atoms with Crippen molar-refractivity contribution in [3.05, 3.63) is 12.3 Å². The molecule has 0 spiro atoms. The third-order valence-electron chi connectivity index (χ3n) is 1.35. The van der Waals surface area contributed by atoms with E-state index in [2.05, 4.69) is 18.4 Å². The first-order valence-electron chi connectivity index (χ1n) is 2.85. The summed E-state index contributed by atoms with van der Waals surface area (Å²) in [5.41, 5.74) is 1.28. The molecule has 0 radical (unpaired) electrons. The maximum absolute atomic E-state index is 3.91. The summed E-state index contributed by atoms with van der Waals surface area (Å²) >= 11 is 1.95. The average Bonchev–Trinajstić information content (AvgIpc) is 1.62. The summed E-state index contributed by atoms with van der Waals surface area (Å²) in [6.07, 6.45) is 1.10. The summed E-state index contributed by atoms with van der Waals surface area (Å²) in [5, 5.41) is 0. The Morgan fingerprint density at radius 2 is 2.38 bits per heavy atom. The molecule has 0 N–H and O–H groups in total. The summed E-state index contributed by atoms with van der Waals surface area (Å²) in [6, 6.07) is 0. The van der Waals surface area contributed by atoms with Gasteiger partial charge in [0.1, 0.15) is 0 Å². The van der Waals surface area contributed by atoms with Gasteiger partial charge in [-0.15, -0.1) is 11.8 Å². The molecule has 0 amide bonds. The Morgan fingerprint density at radius 3 is 2.50 bits per heavy atom. The molecule has 0 aromatic carbocycles. The number of hydrogen-bond donors (Lipinski definition) is 0. The van der Waals surface area contributed by atoms with Crippen molar-refractivity contribution in [2.75, 3.05) is 11.8 Å². The Hall–Kier alpha value is -0.110. The lowest BCUT2D eigenvalue weighted by Gasteiger charge is -2.33. The second kappa shape index (κ2) is 2.44. The number of hydrogen-bond acceptors (Lipinski definition) is 2. The molecule has 46 valence electrons. The van der Waals surface area contributed by atoms with Gasteiger partial charge in [0, 0.05) is 5.70 Å². The lowest BCUT2D eigenvalue weighted by atomic mass is 10.3. The molecule has 0 saturated carbocycles. The summed E-state index contributed by atoms with van der Waals surface area (Å²) in [4.78, 5) is 2.30. The molecule has 2 heteroatoms. The van der Waals surface area contributed by atoms with E-state index < -0.39 is 0 Å². The van der Waals surface area contributed by atoms with E-state index in [1.54, 1.807) is 0 Å². The third-order valence-corrected chi connectivity index (χ3v) is 2.34. The van der Waals surface area contributed by atoms with E-state index in [1.165, 1.54) is 5.70 Å². The van der Waals surface area contributed by atoms with Gasteiger partial charge in [0.2, 0.25) is 0 Å². The van der Waals surface area contributed by atoms with Gasteiger partial charge in [0.15, 0.2) is 0 Å². The fourth-order valence-corrected chi connectivity index (χ4v) is 1.32. The van der Waals surface area contributed by atoms with E-state index in [9.17, 15) is 0 Å². The van der Waals surface area contributed by atoms with Gasteiger partial charge in [-0.05, 0) is 6.42 Å². The standard InChI is InChI=1S/C6H11NS/c1-3-6(2)7-4-8-5-7/h2-5H2,1H3. The summed E-state index contributed by atoms with van der Waals surface area (Å²) in [6.45, 7) is 6.05. The predicted molar refractivity (Wildman–Crippen MR) is 38.6 cm³/mol. The number of nitrogens with zero attached hydrogens (tertiary/aromatic N) is 1. The predicted octanol–water partition coefficient (Wildman–Crippen LogP) is 1.87. The van der Waals surface area contributed by atoms with E-state index in [1.807, 2.05) is 11.8 Å². The Kier molecular flexibility index (Phi) is 1.84. The van der Waals surface area contributed by atoms with Gasteiger partial charge in [-0.3, -0.25) is 0 Å². The highest BCUT2D eigenvalue weighted by Crippen LogP contribution is 2.23. The van der Waals surface area contributed by atoms with Crippen LogP contribution < -0.4 is 0 Å². The zero-order chi connectivity index (χ0) is 5.98. The highest BCUT2D eigenvalue weighted by atomic mass is 32.2. The van der Waals surface area contributed by atoms with E-state index in [0.717, 1.165) is 18.2 Å². The first-order valence-corrected chi connectivity index (χ1v) is 4.00. The highest BCUT2D eigenvalue weighted by molar-refractivity contribution is 8.00. The van der Waals surface area contributed by atoms with Crippen LogP contribution in [-0.4, -0.2) is 16.7 Å². The minimum atomic E-state index is 1.10. The maximum Gasteiger partial charge on any atom is 0.0662 e. The molecule has 1 heterocycles. The molecule has 8 heavy (non-hydrogen) atoms. The zero-order valence-corrected chi connectivity index (χ0v) is 6.00. The Morgan fingerprint density at radius 1 is 1.75 bits per heavy atom. The normalized spacial score (nSPS) is 17.9. The molecule has 0 atom stereocenters. The quantitative estimate of drug-likeness (QED) is 0.560. The number of allylic oxidation sites excluding steroid dienone is 1. The molecule has 0 aliphatic carbocycles. The lowest BCUT2D eigenvalue weighted by Crippen LogP contribution is -2.30. The third kappa shape index (κ3) is 0.996. The summed E-state index contributed by atoms with van der Waals surface area (Å²) in [5.74, 6) is 2.32. The topological polar surface area (TPSA) is 3.24 Å². The molecule has 1 saturated heterocycles. The molecule has 0 aromatic heterocycles. The van der Waals surface area contributed by atoms with Crippen molar-refractivity contribution in [1.29, 1.82) is 0 Å². The Bertz CT molecular complexity index is 96.7. The van der Waals surface area contributed by atoms with Crippen molar-refractivity contribution in [3.8, 4) is 0 Å². The molecular weight excluding hydrogens is 118 g/mol. The maximum atomic E-state index is 3.91. The fourth-order valence-electron chi connectivity index (χ4n) is 0.589. The molecule has 1 aliphatic rings. The number of thioether (sulfide) groups is 1. The van der Waals surface area contributed by atoms with Crippen LogP contribution in [0.15, 0.2) is 12.3 Å². The molecule has 1 aliphatic heterocycles. The monoisotopic (exact) mass is 129 g/mol. The van der Waals surface area contributed by atoms with Crippen LogP contribution in [0, 0.1) is 0 Å². The van der Waals surface area contributed by atoms with Crippen molar-refractivity contribution < 1.29 is 0 Å². The molecule has 0 aromatic rings. The highest BCUT2D eigenvalue weighted by Gasteiger charge is 2.13. The van der Waals surface area contributed by atoms with Gasteiger partial charge in [-0.2, -0.15) is 0 Å². The van der Waals surface area contributed by atoms with E-state index in [0.29, 0.717) is 0 Å². The minimum Gasteiger partial charge on any atom is -0.357 e. The first kappa shape index (κ1) is 6.02. The van der Waals surface area contributed by atoms with Crippen LogP contribution in [0.5, 0.6) is 0 Å². The smallest absolute Gasteiger partial charge is 0.0662 e. The van der Waals surface area contributed by atoms with Gasteiger partial charge in [0.25, 0.3) is 0 Å². The van der Waals surface area contributed by atoms with Crippen LogP contribution in [0.3, 0.4) is 0 Å². The largest absolute Gasteiger partial charge is 0.357 e. The Labute approximate surface area is 54.8 Å². The first-order chi connectivity index (χ1) is 3.84. The van der Waals surface area contributed by atoms with Gasteiger partial charge < -0.3 is 4.90 Å². The van der Waals surface area contributed by atoms with Crippen molar-refractivity contribution in [1.82, 2.24) is 4.90 Å². The van der Waals surface area contributed by atoms with Crippen LogP contribution in [0.25, 0.3) is 0 Å². The summed E-state index contributed by atoms with van der Waals surface area (Å²) < 4.78 is 0. The van der Waals surface area contributed by atoms with Gasteiger partial charge in [0.05, 0.1) is 11.8 Å². The van der Waals surface area contributed by atoms with Gasteiger partial charge in [-0.25, -0.2) is 0 Å². The van der Waals surface area contributed by atoms with Crippen LogP contribution >= 0.6 is 11.8 Å². The van der Waals surface area contributed by atoms with Crippen LogP contribution in [-0.2, 0) is 0 Å². The zero-order valence-electron chi connectivity index (χ0n) is 5.18. The second-order valence-corrected chi connectivity index (χ2v) is 2.85. The second-order valence-electron chi connectivity index (χ2n) is 1.92. The van der Waals surface area contributed by atoms with Gasteiger partial charge >= 0.3 is 0 Å². The molecule has 0 bridgehead atoms. The molecule has 1 fully saturated rings. The van der Waals surface area contributed by atoms with E-state index >= 15 is 0 Å². The van der Waals surface area contributed by atoms with Crippen LogP contribution in [0.1, 0.15) is 13.3 Å². The lowest BCUT2D eigenvalue weighted by molar-refractivity contribution is 0.428. The SMILES string of the molecule is C=C(CC)N1CSC1. The van der Waals surface area contributed by atoms with E-state index in [4.69, 9.17) is 0 Å². The molecule has 0 unspecified atom stereocenters. The van der Waals surface area contributed by atoms with Crippen molar-refractivity contribution in [2.45, 2.75) is 13.3 Å². The van der Waals surface area contributed by atoms with Crippen molar-refractivity contribution in [3.63, 3.8) is 0 Å². The molecule has 1 rings (SSSR count). The van der Waals surface area contributed by atoms with Crippen molar-refractivity contribution in [2.24, 2.45) is 0 Å². The fraction of sp³-hybridized carbons (Fsp3) is 0.667.